The van der Waals surface area contributed by atoms with Crippen LogP contribution in [0, 0.1) is 11.3 Å². The van der Waals surface area contributed by atoms with Gasteiger partial charge in [-0.2, -0.15) is 5.26 Å². The van der Waals surface area contributed by atoms with E-state index in [-0.39, 0.29) is 11.5 Å². The third kappa shape index (κ3) is 7.73. The summed E-state index contributed by atoms with van der Waals surface area (Å²) in [7, 11) is 0. The van der Waals surface area contributed by atoms with Gasteiger partial charge in [-0.05, 0) is 100 Å². The first kappa shape index (κ1) is 35.8. The van der Waals surface area contributed by atoms with Gasteiger partial charge in [-0.15, -0.1) is 0 Å². The number of hydrogen-bond donors (Lipinski definition) is 1. The van der Waals surface area contributed by atoms with Crippen molar-refractivity contribution in [1.82, 2.24) is 14.9 Å². The van der Waals surface area contributed by atoms with E-state index >= 15 is 0 Å². The number of hydrogen-bond acceptors (Lipinski definition) is 6. The molecule has 1 aliphatic carbocycles. The summed E-state index contributed by atoms with van der Waals surface area (Å²) in [5.74, 6) is 2.83. The van der Waals surface area contributed by atoms with Crippen LogP contribution in [0.4, 0.5) is 15.9 Å². The van der Waals surface area contributed by atoms with Crippen LogP contribution in [-0.2, 0) is 19.3 Å². The SMILES string of the molecule is CC.CC.CC12CCCN1CC(F)C2.CCc1nc(CC2CCC(C)c3ccc(N)c(C#N)c32)c(CC)c(N2CCCC2)n1. The number of rotatable bonds is 5. The fourth-order valence-corrected chi connectivity index (χ4v) is 7.68. The zero-order valence-electron chi connectivity index (χ0n) is 29.0. The van der Waals surface area contributed by atoms with Crippen LogP contribution in [0.15, 0.2) is 12.1 Å². The number of benzene rings is 1. The number of nitrogens with zero attached hydrogens (tertiary/aromatic N) is 5. The predicted octanol–water partition coefficient (Wildman–Crippen LogP) is 8.51. The van der Waals surface area contributed by atoms with Gasteiger partial charge in [0.1, 0.15) is 23.9 Å². The van der Waals surface area contributed by atoms with E-state index in [9.17, 15) is 9.65 Å². The highest BCUT2D eigenvalue weighted by Crippen LogP contribution is 2.44. The standard InChI is InChI=1S/C25H33N5.C8H14FN.2C2H6/c1-4-18-22(28-23(5-2)29-25(18)30-12-6-7-13-30)14-17-9-8-16(3)19-10-11-21(27)20(15-26)24(17)19;1-8-3-2-4-10(8)6-7(9)5-8;2*1-2/h10-11,16-17H,4-9,12-14,27H2,1-3H3;7H,2-6H2,1H3;2*1-2H3. The largest absolute Gasteiger partial charge is 0.398 e. The number of aryl methyl sites for hydroxylation is 1. The molecule has 0 radical (unpaired) electrons. The zero-order chi connectivity index (χ0) is 32.4. The molecule has 6 rings (SSSR count). The number of alkyl halides is 1. The molecule has 0 bridgehead atoms. The van der Waals surface area contributed by atoms with Crippen LogP contribution < -0.4 is 10.6 Å². The smallest absolute Gasteiger partial charge is 0.135 e. The van der Waals surface area contributed by atoms with Crippen molar-refractivity contribution < 1.29 is 4.39 Å². The van der Waals surface area contributed by atoms with Gasteiger partial charge in [0.05, 0.1) is 11.3 Å². The maximum absolute atomic E-state index is 12.8. The maximum atomic E-state index is 12.8. The van der Waals surface area contributed by atoms with Gasteiger partial charge in [-0.1, -0.05) is 54.5 Å². The minimum absolute atomic E-state index is 0.236. The van der Waals surface area contributed by atoms with Crippen molar-refractivity contribution in [1.29, 1.82) is 5.26 Å². The first-order valence-electron chi connectivity index (χ1n) is 17.6. The summed E-state index contributed by atoms with van der Waals surface area (Å²) in [6.45, 7) is 20.8. The Morgan fingerprint density at radius 1 is 1.02 bits per heavy atom. The van der Waals surface area contributed by atoms with Crippen molar-refractivity contribution in [2.45, 2.75) is 143 Å². The van der Waals surface area contributed by atoms with Crippen LogP contribution in [-0.4, -0.2) is 52.8 Å². The minimum Gasteiger partial charge on any atom is -0.398 e. The summed E-state index contributed by atoms with van der Waals surface area (Å²) in [5.41, 5.74) is 12.6. The molecule has 6 nitrogen and oxygen atoms in total. The Hall–Kier alpha value is -2.72. The summed E-state index contributed by atoms with van der Waals surface area (Å²) < 4.78 is 12.8. The fraction of sp³-hybridized carbons (Fsp3) is 0.703. The van der Waals surface area contributed by atoms with Crippen molar-refractivity contribution in [2.24, 2.45) is 0 Å². The van der Waals surface area contributed by atoms with Gasteiger partial charge >= 0.3 is 0 Å². The highest BCUT2D eigenvalue weighted by Gasteiger charge is 2.44. The molecule has 2 aromatic rings. The lowest BCUT2D eigenvalue weighted by atomic mass is 9.73. The summed E-state index contributed by atoms with van der Waals surface area (Å²) >= 11 is 0. The second-order valence-corrected chi connectivity index (χ2v) is 12.7. The second kappa shape index (κ2) is 16.5. The van der Waals surface area contributed by atoms with E-state index in [1.807, 2.05) is 33.8 Å². The lowest BCUT2D eigenvalue weighted by molar-refractivity contribution is 0.217. The Morgan fingerprint density at radius 2 is 1.73 bits per heavy atom. The lowest BCUT2D eigenvalue weighted by Crippen LogP contribution is -2.34. The first-order chi connectivity index (χ1) is 21.3. The molecule has 7 heteroatoms. The van der Waals surface area contributed by atoms with E-state index in [4.69, 9.17) is 15.7 Å². The maximum Gasteiger partial charge on any atom is 0.135 e. The number of aromatic nitrogens is 2. The van der Waals surface area contributed by atoms with Crippen LogP contribution in [0.3, 0.4) is 0 Å². The molecule has 3 fully saturated rings. The molecule has 44 heavy (non-hydrogen) atoms. The predicted molar refractivity (Wildman–Crippen MR) is 183 cm³/mol. The van der Waals surface area contributed by atoms with Crippen LogP contribution in [0.25, 0.3) is 0 Å². The Labute approximate surface area is 267 Å². The van der Waals surface area contributed by atoms with E-state index < -0.39 is 6.17 Å². The second-order valence-electron chi connectivity index (χ2n) is 12.7. The summed E-state index contributed by atoms with van der Waals surface area (Å²) in [4.78, 5) is 14.7. The molecule has 244 valence electrons. The normalized spacial score (nSPS) is 25.4. The Morgan fingerprint density at radius 3 is 2.34 bits per heavy atom. The average Bonchev–Trinajstić information content (AvgIpc) is 3.76. The van der Waals surface area contributed by atoms with E-state index in [0.717, 1.165) is 75.4 Å². The zero-order valence-corrected chi connectivity index (χ0v) is 29.0. The molecule has 0 saturated carbocycles. The molecule has 3 saturated heterocycles. The van der Waals surface area contributed by atoms with Gasteiger partial charge in [0.15, 0.2) is 0 Å². The van der Waals surface area contributed by atoms with Crippen LogP contribution >= 0.6 is 0 Å². The van der Waals surface area contributed by atoms with Crippen molar-refractivity contribution in [3.8, 4) is 6.07 Å². The molecule has 2 N–H and O–H groups in total. The van der Waals surface area contributed by atoms with Crippen molar-refractivity contribution in [3.05, 3.63) is 45.9 Å². The summed E-state index contributed by atoms with van der Waals surface area (Å²) in [5, 5.41) is 9.85. The number of anilines is 2. The number of nitrogens with two attached hydrogens (primary N) is 1. The molecule has 1 aromatic carbocycles. The van der Waals surface area contributed by atoms with Gasteiger partial charge in [0, 0.05) is 42.8 Å². The highest BCUT2D eigenvalue weighted by atomic mass is 19.1. The third-order valence-corrected chi connectivity index (χ3v) is 9.93. The number of fused-ring (bicyclic) bond motifs is 2. The molecule has 4 aliphatic rings. The molecule has 0 amide bonds. The minimum atomic E-state index is -0.551. The number of nitrogen functional groups attached to an aromatic ring is 1. The van der Waals surface area contributed by atoms with Gasteiger partial charge in [0.25, 0.3) is 0 Å². The third-order valence-electron chi connectivity index (χ3n) is 9.93. The molecule has 4 unspecified atom stereocenters. The lowest BCUT2D eigenvalue weighted by Gasteiger charge is -2.32. The van der Waals surface area contributed by atoms with E-state index in [1.165, 1.54) is 42.5 Å². The van der Waals surface area contributed by atoms with Gasteiger partial charge in [0.2, 0.25) is 0 Å². The number of halogens is 1. The molecule has 4 heterocycles. The Kier molecular flexibility index (Phi) is 13.4. The van der Waals surface area contributed by atoms with Gasteiger partial charge in [-0.3, -0.25) is 4.90 Å². The van der Waals surface area contributed by atoms with Crippen LogP contribution in [0.1, 0.15) is 146 Å². The molecular formula is C37H59FN6. The Balaban J connectivity index is 0.000000314. The summed E-state index contributed by atoms with van der Waals surface area (Å²) in [6, 6.07) is 6.44. The van der Waals surface area contributed by atoms with Gasteiger partial charge in [-0.25, -0.2) is 14.4 Å². The quantitative estimate of drug-likeness (QED) is 0.344. The van der Waals surface area contributed by atoms with E-state index in [1.54, 1.807) is 0 Å². The van der Waals surface area contributed by atoms with E-state index in [2.05, 4.69) is 49.6 Å². The van der Waals surface area contributed by atoms with Gasteiger partial charge < -0.3 is 10.6 Å². The molecule has 1 aromatic heterocycles. The molecular weight excluding hydrogens is 547 g/mol. The number of nitriles is 1. The van der Waals surface area contributed by atoms with Crippen molar-refractivity contribution >= 4 is 11.5 Å². The van der Waals surface area contributed by atoms with Crippen molar-refractivity contribution in [2.75, 3.05) is 36.8 Å². The van der Waals surface area contributed by atoms with E-state index in [0.29, 0.717) is 23.7 Å². The molecule has 4 atom stereocenters. The highest BCUT2D eigenvalue weighted by molar-refractivity contribution is 5.63. The first-order valence-corrected chi connectivity index (χ1v) is 17.6. The monoisotopic (exact) mass is 606 g/mol. The molecule has 0 spiro atoms. The average molecular weight is 607 g/mol. The summed E-state index contributed by atoms with van der Waals surface area (Å²) in [6.07, 6.45) is 10.0. The van der Waals surface area contributed by atoms with Crippen molar-refractivity contribution in [3.63, 3.8) is 0 Å². The Bertz CT molecular complexity index is 1250. The molecule has 3 aliphatic heterocycles. The van der Waals surface area contributed by atoms with Crippen LogP contribution in [0.5, 0.6) is 0 Å². The van der Waals surface area contributed by atoms with Crippen LogP contribution in [0.2, 0.25) is 0 Å². The fourth-order valence-electron chi connectivity index (χ4n) is 7.68. The topological polar surface area (TPSA) is 82.1 Å².